The van der Waals surface area contributed by atoms with Gasteiger partial charge in [0.05, 0.1) is 5.25 Å². The third kappa shape index (κ3) is 3.58. The van der Waals surface area contributed by atoms with E-state index in [0.29, 0.717) is 6.54 Å². The molecule has 0 amide bonds. The number of likely N-dealkylation sites (tertiary alicyclic amines) is 1. The summed E-state index contributed by atoms with van der Waals surface area (Å²) in [6.45, 7) is 8.45. The third-order valence-electron chi connectivity index (χ3n) is 3.00. The Kier molecular flexibility index (Phi) is 4.89. The number of rotatable bonds is 4. The molecule has 1 rings (SSSR count). The summed E-state index contributed by atoms with van der Waals surface area (Å²) in [5.74, 6) is 0.752. The van der Waals surface area contributed by atoms with Gasteiger partial charge in [-0.05, 0) is 38.8 Å². The van der Waals surface area contributed by atoms with Crippen LogP contribution in [0, 0.1) is 12.8 Å². The highest BCUT2D eigenvalue weighted by Crippen LogP contribution is 2.19. The molecule has 0 saturated carbocycles. The molecule has 1 aliphatic heterocycles. The third-order valence-corrected chi connectivity index (χ3v) is 3.88. The van der Waals surface area contributed by atoms with Crippen LogP contribution in [0.3, 0.4) is 0 Å². The number of hydrogen-bond acceptors (Lipinski definition) is 3. The van der Waals surface area contributed by atoms with E-state index in [1.807, 2.05) is 0 Å². The molecule has 0 N–H and O–H groups in total. The Morgan fingerprint density at radius 2 is 2.00 bits per heavy atom. The van der Waals surface area contributed by atoms with Crippen molar-refractivity contribution in [3.05, 3.63) is 6.92 Å². The van der Waals surface area contributed by atoms with E-state index in [0.717, 1.165) is 25.4 Å². The van der Waals surface area contributed by atoms with Gasteiger partial charge in [-0.25, -0.2) is 8.42 Å². The van der Waals surface area contributed by atoms with E-state index in [1.54, 1.807) is 6.92 Å². The Morgan fingerprint density at radius 3 is 2.43 bits per heavy atom. The molecule has 0 spiro atoms. The van der Waals surface area contributed by atoms with Crippen molar-refractivity contribution in [1.82, 2.24) is 4.90 Å². The molecular weight excluding hydrogens is 198 g/mol. The fourth-order valence-electron chi connectivity index (χ4n) is 1.90. The fourth-order valence-corrected chi connectivity index (χ4v) is 2.26. The molecular formula is C10H20NO2S. The Bertz CT molecular complexity index is 224. The van der Waals surface area contributed by atoms with Crippen molar-refractivity contribution in [2.45, 2.75) is 31.4 Å². The second kappa shape index (κ2) is 5.71. The van der Waals surface area contributed by atoms with Gasteiger partial charge < -0.3 is 4.90 Å². The van der Waals surface area contributed by atoms with Crippen LogP contribution in [0.5, 0.6) is 0 Å². The monoisotopic (exact) mass is 218 g/mol. The largest absolute Gasteiger partial charge is 0.302 e. The Balaban J connectivity index is 2.28. The molecule has 1 heterocycles. The summed E-state index contributed by atoms with van der Waals surface area (Å²) in [6.07, 6.45) is 3.36. The number of hydrogen-bond donors (Lipinski definition) is 1. The van der Waals surface area contributed by atoms with Crippen molar-refractivity contribution < 1.29 is 8.42 Å². The molecule has 0 bridgehead atoms. The van der Waals surface area contributed by atoms with Crippen molar-refractivity contribution in [2.75, 3.05) is 19.6 Å². The first kappa shape index (κ1) is 12.0. The van der Waals surface area contributed by atoms with E-state index in [2.05, 4.69) is 11.8 Å². The van der Waals surface area contributed by atoms with E-state index < -0.39 is 10.7 Å². The minimum Gasteiger partial charge on any atom is -0.302 e. The van der Waals surface area contributed by atoms with Crippen LogP contribution in [0.1, 0.15) is 26.2 Å². The molecule has 1 aliphatic rings. The highest BCUT2D eigenvalue weighted by molar-refractivity contribution is 7.73. The fraction of sp³-hybridized carbons (Fsp3) is 0.900. The topological polar surface area (TPSA) is 37.4 Å². The van der Waals surface area contributed by atoms with E-state index in [-0.39, 0.29) is 5.25 Å². The van der Waals surface area contributed by atoms with Crippen molar-refractivity contribution in [3.63, 3.8) is 0 Å². The molecule has 3 nitrogen and oxygen atoms in total. The van der Waals surface area contributed by atoms with Crippen LogP contribution in [0.25, 0.3) is 0 Å². The standard InChI is InChI=1S/C10H20NO2S/c1-3-10-4-6-11(7-5-10)8-9(2)14(12)13/h9-10,14H,1,3-8H2,2H3. The van der Waals surface area contributed by atoms with Crippen molar-refractivity contribution in [3.8, 4) is 0 Å². The van der Waals surface area contributed by atoms with Gasteiger partial charge in [-0.2, -0.15) is 0 Å². The van der Waals surface area contributed by atoms with Crippen LogP contribution >= 0.6 is 0 Å². The first-order chi connectivity index (χ1) is 6.63. The smallest absolute Gasteiger partial charge is 0.143 e. The average molecular weight is 218 g/mol. The molecule has 1 radical (unpaired) electrons. The maximum Gasteiger partial charge on any atom is 0.143 e. The Labute approximate surface area is 88.4 Å². The normalized spacial score (nSPS) is 22.8. The van der Waals surface area contributed by atoms with Crippen LogP contribution < -0.4 is 0 Å². The van der Waals surface area contributed by atoms with Gasteiger partial charge in [0.15, 0.2) is 0 Å². The summed E-state index contributed by atoms with van der Waals surface area (Å²) in [6, 6.07) is 0. The summed E-state index contributed by atoms with van der Waals surface area (Å²) >= 11 is 0. The van der Waals surface area contributed by atoms with Crippen molar-refractivity contribution in [2.24, 2.45) is 5.92 Å². The summed E-state index contributed by atoms with van der Waals surface area (Å²) < 4.78 is 21.4. The van der Waals surface area contributed by atoms with Gasteiger partial charge >= 0.3 is 0 Å². The quantitative estimate of drug-likeness (QED) is 0.713. The van der Waals surface area contributed by atoms with Gasteiger partial charge in [0, 0.05) is 6.54 Å². The first-order valence-corrected chi connectivity index (χ1v) is 6.53. The summed E-state index contributed by atoms with van der Waals surface area (Å²) in [5.41, 5.74) is 0. The molecule has 1 fully saturated rings. The summed E-state index contributed by atoms with van der Waals surface area (Å²) in [4.78, 5) is 2.25. The highest BCUT2D eigenvalue weighted by Gasteiger charge is 2.19. The number of nitrogens with zero attached hydrogens (tertiary/aromatic N) is 1. The molecule has 14 heavy (non-hydrogen) atoms. The minimum atomic E-state index is -2.26. The van der Waals surface area contributed by atoms with Crippen molar-refractivity contribution >= 4 is 10.7 Å². The van der Waals surface area contributed by atoms with Gasteiger partial charge in [0.1, 0.15) is 10.7 Å². The average Bonchev–Trinajstić information content (AvgIpc) is 2.19. The van der Waals surface area contributed by atoms with Crippen LogP contribution in [-0.2, 0) is 10.7 Å². The second-order valence-corrected chi connectivity index (χ2v) is 5.62. The molecule has 4 heteroatoms. The maximum atomic E-state index is 10.7. The molecule has 0 aromatic heterocycles. The zero-order chi connectivity index (χ0) is 10.6. The lowest BCUT2D eigenvalue weighted by atomic mass is 9.94. The van der Waals surface area contributed by atoms with Crippen molar-refractivity contribution in [1.29, 1.82) is 0 Å². The SMILES string of the molecule is [CH2]CC1CCN(CC(C)[SH](=O)=O)CC1. The highest BCUT2D eigenvalue weighted by atomic mass is 32.2. The molecule has 1 unspecified atom stereocenters. The predicted octanol–water partition coefficient (Wildman–Crippen LogP) is 0.922. The molecule has 1 saturated heterocycles. The molecule has 83 valence electrons. The molecule has 0 aromatic rings. The Morgan fingerprint density at radius 1 is 1.43 bits per heavy atom. The van der Waals surface area contributed by atoms with Gasteiger partial charge in [0.2, 0.25) is 0 Å². The summed E-state index contributed by atoms with van der Waals surface area (Å²) in [5, 5.41) is -0.207. The molecule has 0 aliphatic carbocycles. The number of thiol groups is 1. The Hall–Kier alpha value is -0.0900. The molecule has 0 aromatic carbocycles. The lowest BCUT2D eigenvalue weighted by Crippen LogP contribution is -2.38. The van der Waals surface area contributed by atoms with Gasteiger partial charge in [-0.1, -0.05) is 13.3 Å². The van der Waals surface area contributed by atoms with Crippen LogP contribution in [0.15, 0.2) is 0 Å². The summed E-state index contributed by atoms with van der Waals surface area (Å²) in [7, 11) is -2.26. The van der Waals surface area contributed by atoms with Crippen LogP contribution in [0.4, 0.5) is 0 Å². The van der Waals surface area contributed by atoms with E-state index in [9.17, 15) is 8.42 Å². The first-order valence-electron chi connectivity index (χ1n) is 5.28. The van der Waals surface area contributed by atoms with Gasteiger partial charge in [-0.3, -0.25) is 0 Å². The second-order valence-electron chi connectivity index (χ2n) is 4.17. The van der Waals surface area contributed by atoms with Crippen LogP contribution in [0.2, 0.25) is 0 Å². The van der Waals surface area contributed by atoms with Gasteiger partial charge in [-0.15, -0.1) is 0 Å². The maximum absolute atomic E-state index is 10.7. The lowest BCUT2D eigenvalue weighted by molar-refractivity contribution is 0.186. The number of piperidine rings is 1. The predicted molar refractivity (Wildman–Crippen MR) is 58.9 cm³/mol. The zero-order valence-electron chi connectivity index (χ0n) is 8.82. The lowest BCUT2D eigenvalue weighted by Gasteiger charge is -2.32. The van der Waals surface area contributed by atoms with E-state index >= 15 is 0 Å². The molecule has 1 atom stereocenters. The van der Waals surface area contributed by atoms with E-state index in [1.165, 1.54) is 12.8 Å². The minimum absolute atomic E-state index is 0.207. The van der Waals surface area contributed by atoms with Gasteiger partial charge in [0.25, 0.3) is 0 Å². The van der Waals surface area contributed by atoms with Crippen LogP contribution in [-0.4, -0.2) is 38.2 Å². The van der Waals surface area contributed by atoms with E-state index in [4.69, 9.17) is 0 Å². The zero-order valence-corrected chi connectivity index (χ0v) is 9.71.